The van der Waals surface area contributed by atoms with Crippen molar-refractivity contribution < 1.29 is 19.1 Å². The average molecular weight is 440 g/mol. The van der Waals surface area contributed by atoms with Crippen molar-refractivity contribution in [1.82, 2.24) is 14.9 Å². The molecule has 0 radical (unpaired) electrons. The third-order valence-electron chi connectivity index (χ3n) is 4.98. The number of aromatic nitrogens is 2. The van der Waals surface area contributed by atoms with Gasteiger partial charge in [-0.05, 0) is 70.2 Å². The minimum absolute atomic E-state index is 0.170. The third kappa shape index (κ3) is 6.03. The summed E-state index contributed by atoms with van der Waals surface area (Å²) in [5.74, 6) is -1.00. The van der Waals surface area contributed by atoms with Gasteiger partial charge in [0.2, 0.25) is 0 Å². The van der Waals surface area contributed by atoms with Crippen LogP contribution in [0.15, 0.2) is 36.8 Å². The molecule has 0 spiro atoms. The highest BCUT2D eigenvalue weighted by Gasteiger charge is 2.32. The Morgan fingerprint density at radius 3 is 2.59 bits per heavy atom. The maximum Gasteiger partial charge on any atom is 0.413 e. The van der Waals surface area contributed by atoms with Crippen molar-refractivity contribution in [3.63, 3.8) is 0 Å². The summed E-state index contributed by atoms with van der Waals surface area (Å²) in [5, 5.41) is 5.20. The van der Waals surface area contributed by atoms with Gasteiger partial charge in [0, 0.05) is 18.9 Å². The van der Waals surface area contributed by atoms with Crippen molar-refractivity contribution in [2.45, 2.75) is 58.6 Å². The Bertz CT molecular complexity index is 988. The fraction of sp³-hybridized carbons (Fsp3) is 0.435. The molecule has 2 N–H and O–H groups in total. The molecule has 1 saturated heterocycles. The largest absolute Gasteiger partial charge is 0.444 e. The number of hydrogen-bond donors (Lipinski definition) is 2. The predicted octanol–water partition coefficient (Wildman–Crippen LogP) is 3.82. The fourth-order valence-electron chi connectivity index (χ4n) is 3.58. The van der Waals surface area contributed by atoms with E-state index in [0.717, 1.165) is 24.8 Å². The van der Waals surface area contributed by atoms with Gasteiger partial charge in [0.05, 0.1) is 17.9 Å². The molecule has 0 saturated carbocycles. The SMILES string of the molecule is Cc1cc(NC(=O)C(=O)N2CCCCC2c2cccnc2)cnc1NC(=O)OC(C)(C)C. The van der Waals surface area contributed by atoms with Gasteiger partial charge in [-0.2, -0.15) is 0 Å². The van der Waals surface area contributed by atoms with Gasteiger partial charge in [0.1, 0.15) is 11.4 Å². The van der Waals surface area contributed by atoms with E-state index >= 15 is 0 Å². The van der Waals surface area contributed by atoms with Crippen LogP contribution in [0, 0.1) is 6.92 Å². The normalized spacial score (nSPS) is 16.2. The van der Waals surface area contributed by atoms with Crippen LogP contribution in [0.25, 0.3) is 0 Å². The molecule has 3 rings (SSSR count). The van der Waals surface area contributed by atoms with Crippen molar-refractivity contribution in [2.24, 2.45) is 0 Å². The Hall–Kier alpha value is -3.49. The van der Waals surface area contributed by atoms with E-state index in [1.165, 1.54) is 6.20 Å². The number of amides is 3. The first-order valence-electron chi connectivity index (χ1n) is 10.6. The Labute approximate surface area is 187 Å². The van der Waals surface area contributed by atoms with Gasteiger partial charge in [-0.1, -0.05) is 6.07 Å². The number of aryl methyl sites for hydroxylation is 1. The molecule has 0 aliphatic carbocycles. The van der Waals surface area contributed by atoms with Crippen molar-refractivity contribution in [1.29, 1.82) is 0 Å². The molecule has 32 heavy (non-hydrogen) atoms. The van der Waals surface area contributed by atoms with Crippen LogP contribution in [-0.2, 0) is 14.3 Å². The van der Waals surface area contributed by atoms with Crippen LogP contribution >= 0.6 is 0 Å². The van der Waals surface area contributed by atoms with Crippen LogP contribution in [0.5, 0.6) is 0 Å². The molecule has 1 fully saturated rings. The van der Waals surface area contributed by atoms with E-state index in [4.69, 9.17) is 4.74 Å². The van der Waals surface area contributed by atoms with Crippen molar-refractivity contribution in [2.75, 3.05) is 17.2 Å². The zero-order chi connectivity index (χ0) is 23.3. The molecule has 3 amide bonds. The van der Waals surface area contributed by atoms with E-state index in [-0.39, 0.29) is 6.04 Å². The van der Waals surface area contributed by atoms with Gasteiger partial charge >= 0.3 is 17.9 Å². The molecule has 3 heterocycles. The number of carbonyl (C=O) groups excluding carboxylic acids is 3. The smallest absolute Gasteiger partial charge is 0.413 e. The van der Waals surface area contributed by atoms with Crippen LogP contribution in [-0.4, -0.2) is 44.9 Å². The van der Waals surface area contributed by atoms with E-state index in [2.05, 4.69) is 20.6 Å². The lowest BCUT2D eigenvalue weighted by Gasteiger charge is -2.35. The van der Waals surface area contributed by atoms with Crippen LogP contribution in [0.4, 0.5) is 16.3 Å². The lowest BCUT2D eigenvalue weighted by Crippen LogP contribution is -2.44. The number of carbonyl (C=O) groups is 3. The van der Waals surface area contributed by atoms with Gasteiger partial charge in [-0.25, -0.2) is 9.78 Å². The Morgan fingerprint density at radius 1 is 1.16 bits per heavy atom. The minimum Gasteiger partial charge on any atom is -0.444 e. The quantitative estimate of drug-likeness (QED) is 0.703. The number of likely N-dealkylation sites (tertiary alicyclic amines) is 1. The van der Waals surface area contributed by atoms with Crippen LogP contribution in [0.2, 0.25) is 0 Å². The fourth-order valence-corrected chi connectivity index (χ4v) is 3.58. The van der Waals surface area contributed by atoms with Gasteiger partial charge in [0.15, 0.2) is 0 Å². The van der Waals surface area contributed by atoms with Gasteiger partial charge in [-0.15, -0.1) is 0 Å². The summed E-state index contributed by atoms with van der Waals surface area (Å²) in [6.45, 7) is 7.55. The second-order valence-corrected chi connectivity index (χ2v) is 8.77. The molecule has 2 aromatic heterocycles. The van der Waals surface area contributed by atoms with Gasteiger partial charge in [-0.3, -0.25) is 19.9 Å². The molecule has 1 aliphatic heterocycles. The number of hydrogen-bond acceptors (Lipinski definition) is 6. The number of anilines is 2. The monoisotopic (exact) mass is 439 g/mol. The summed E-state index contributed by atoms with van der Waals surface area (Å²) in [6.07, 6.45) is 6.81. The summed E-state index contributed by atoms with van der Waals surface area (Å²) in [6, 6.07) is 5.22. The molecular formula is C23H29N5O4. The highest BCUT2D eigenvalue weighted by molar-refractivity contribution is 6.39. The number of pyridine rings is 2. The first kappa shape index (κ1) is 23.2. The molecular weight excluding hydrogens is 410 g/mol. The maximum atomic E-state index is 12.9. The summed E-state index contributed by atoms with van der Waals surface area (Å²) in [7, 11) is 0. The highest BCUT2D eigenvalue weighted by Crippen LogP contribution is 2.30. The van der Waals surface area contributed by atoms with E-state index in [1.807, 2.05) is 12.1 Å². The molecule has 2 aromatic rings. The molecule has 0 bridgehead atoms. The summed E-state index contributed by atoms with van der Waals surface area (Å²) < 4.78 is 5.22. The topological polar surface area (TPSA) is 114 Å². The predicted molar refractivity (Wildman–Crippen MR) is 120 cm³/mol. The van der Waals surface area contributed by atoms with Crippen LogP contribution < -0.4 is 10.6 Å². The Morgan fingerprint density at radius 2 is 1.94 bits per heavy atom. The minimum atomic E-state index is -0.727. The first-order chi connectivity index (χ1) is 15.1. The second-order valence-electron chi connectivity index (χ2n) is 8.77. The lowest BCUT2D eigenvalue weighted by molar-refractivity contribution is -0.145. The second kappa shape index (κ2) is 9.76. The lowest BCUT2D eigenvalue weighted by atomic mass is 9.96. The van der Waals surface area contributed by atoms with Crippen LogP contribution in [0.1, 0.15) is 57.2 Å². The van der Waals surface area contributed by atoms with Crippen molar-refractivity contribution >= 4 is 29.4 Å². The number of rotatable bonds is 3. The van der Waals surface area contributed by atoms with E-state index in [0.29, 0.717) is 23.6 Å². The molecule has 9 nitrogen and oxygen atoms in total. The van der Waals surface area contributed by atoms with E-state index < -0.39 is 23.5 Å². The number of nitrogens with one attached hydrogen (secondary N) is 2. The van der Waals surface area contributed by atoms with Gasteiger partial charge in [0.25, 0.3) is 0 Å². The molecule has 0 aromatic carbocycles. The van der Waals surface area contributed by atoms with Crippen molar-refractivity contribution in [3.8, 4) is 0 Å². The summed E-state index contributed by atoms with van der Waals surface area (Å²) in [5.41, 5.74) is 1.27. The summed E-state index contributed by atoms with van der Waals surface area (Å²) in [4.78, 5) is 47.5. The van der Waals surface area contributed by atoms with Crippen molar-refractivity contribution in [3.05, 3.63) is 47.9 Å². The Balaban J connectivity index is 1.66. The number of ether oxygens (including phenoxy) is 1. The van der Waals surface area contributed by atoms with Gasteiger partial charge < -0.3 is 15.0 Å². The molecule has 1 unspecified atom stereocenters. The maximum absolute atomic E-state index is 12.9. The zero-order valence-electron chi connectivity index (χ0n) is 18.8. The molecule has 170 valence electrons. The standard InChI is InChI=1S/C23H29N5O4/c1-15-12-17(14-25-19(15)27-22(31)32-23(2,3)4)26-20(29)21(30)28-11-6-5-9-18(28)16-8-7-10-24-13-16/h7-8,10,12-14,18H,5-6,9,11H2,1-4H3,(H,26,29)(H,25,27,31). The highest BCUT2D eigenvalue weighted by atomic mass is 16.6. The average Bonchev–Trinajstić information content (AvgIpc) is 2.74. The zero-order valence-corrected chi connectivity index (χ0v) is 18.8. The van der Waals surface area contributed by atoms with Crippen LogP contribution in [0.3, 0.4) is 0 Å². The van der Waals surface area contributed by atoms with E-state index in [1.54, 1.807) is 51.1 Å². The van der Waals surface area contributed by atoms with E-state index in [9.17, 15) is 14.4 Å². The third-order valence-corrected chi connectivity index (χ3v) is 4.98. The summed E-state index contributed by atoms with van der Waals surface area (Å²) >= 11 is 0. The molecule has 9 heteroatoms. The Kier molecular flexibility index (Phi) is 7.07. The number of piperidine rings is 1. The number of nitrogens with zero attached hydrogens (tertiary/aromatic N) is 3. The first-order valence-corrected chi connectivity index (χ1v) is 10.6. The molecule has 1 aliphatic rings. The molecule has 1 atom stereocenters.